The van der Waals surface area contributed by atoms with Crippen LogP contribution in [0.1, 0.15) is 29.2 Å². The molecule has 0 bridgehead atoms. The molecular weight excluding hydrogens is 384 g/mol. The van der Waals surface area contributed by atoms with Crippen LogP contribution in [-0.2, 0) is 16.1 Å². The Bertz CT molecular complexity index is 941. The van der Waals surface area contributed by atoms with Gasteiger partial charge in [0.2, 0.25) is 0 Å². The van der Waals surface area contributed by atoms with Gasteiger partial charge in [-0.25, -0.2) is 4.79 Å². The normalized spacial score (nSPS) is 11.6. The Morgan fingerprint density at radius 1 is 0.862 bits per heavy atom. The van der Waals surface area contributed by atoms with E-state index in [1.807, 2.05) is 84.9 Å². The summed E-state index contributed by atoms with van der Waals surface area (Å²) in [6.07, 6.45) is 0.317. The molecule has 1 N–H and O–H groups in total. The number of benzene rings is 3. The first-order valence-electron chi connectivity index (χ1n) is 9.37. The summed E-state index contributed by atoms with van der Waals surface area (Å²) in [5.41, 5.74) is 3.86. The molecule has 0 saturated carbocycles. The molecule has 0 fully saturated rings. The van der Waals surface area contributed by atoms with Crippen molar-refractivity contribution >= 4 is 23.0 Å². The summed E-state index contributed by atoms with van der Waals surface area (Å²) in [6.45, 7) is 0.193. The molecule has 0 radical (unpaired) electrons. The van der Waals surface area contributed by atoms with Gasteiger partial charge in [-0.3, -0.25) is 4.79 Å². The molecule has 1 unspecified atom stereocenters. The summed E-state index contributed by atoms with van der Waals surface area (Å²) in [5.74, 6) is -0.884. The number of carboxylic acids is 1. The monoisotopic (exact) mass is 406 g/mol. The minimum absolute atomic E-state index is 0.0211. The third-order valence-electron chi connectivity index (χ3n) is 4.45. The lowest BCUT2D eigenvalue weighted by molar-refractivity contribution is -0.137. The molecule has 148 valence electrons. The fraction of sp³-hybridized carbons (Fsp3) is 0.167. The second-order valence-electron chi connectivity index (χ2n) is 6.52. The van der Waals surface area contributed by atoms with E-state index in [1.165, 1.54) is 0 Å². The molecule has 29 heavy (non-hydrogen) atoms. The van der Waals surface area contributed by atoms with Gasteiger partial charge in [0.05, 0.1) is 0 Å². The summed E-state index contributed by atoms with van der Waals surface area (Å²) in [4.78, 5) is 23.6. The zero-order valence-corrected chi connectivity index (χ0v) is 16.7. The first-order chi connectivity index (χ1) is 14.1. The van der Waals surface area contributed by atoms with Crippen molar-refractivity contribution in [1.29, 1.82) is 0 Å². The van der Waals surface area contributed by atoms with Crippen LogP contribution in [0.5, 0.6) is 0 Å². The van der Waals surface area contributed by atoms with Gasteiger partial charge in [-0.05, 0) is 40.4 Å². The molecule has 4 nitrogen and oxygen atoms in total. The molecular formula is C24H22O4S. The Hall–Kier alpha value is -3.05. The molecule has 3 aromatic rings. The number of carboxylic acid groups (broad SMARTS) is 1. The van der Waals surface area contributed by atoms with Gasteiger partial charge in [-0.15, -0.1) is 0 Å². The molecule has 0 amide bonds. The van der Waals surface area contributed by atoms with Gasteiger partial charge in [0.15, 0.2) is 0 Å². The molecule has 0 aliphatic rings. The zero-order valence-electron chi connectivity index (χ0n) is 15.9. The standard InChI is InChI=1S/C24H22O4S/c25-23(26)16-15-22(29-24(27)28-17-18-9-3-1-4-10-18)21-14-8-7-13-20(21)19-11-5-2-6-12-19/h1-14,22H,15-17H2,(H,25,26). The Balaban J connectivity index is 1.78. The fourth-order valence-electron chi connectivity index (χ4n) is 3.06. The van der Waals surface area contributed by atoms with E-state index < -0.39 is 11.3 Å². The van der Waals surface area contributed by atoms with Crippen molar-refractivity contribution in [2.75, 3.05) is 0 Å². The van der Waals surface area contributed by atoms with Crippen LogP contribution >= 0.6 is 11.8 Å². The number of carbonyl (C=O) groups excluding carboxylic acids is 1. The molecule has 0 aliphatic carbocycles. The van der Waals surface area contributed by atoms with Gasteiger partial charge >= 0.3 is 11.3 Å². The van der Waals surface area contributed by atoms with Crippen molar-refractivity contribution in [1.82, 2.24) is 0 Å². The SMILES string of the molecule is O=C(O)CCC(SC(=O)OCc1ccccc1)c1ccccc1-c1ccccc1. The summed E-state index contributed by atoms with van der Waals surface area (Å²) in [5, 5.41) is 8.43. The third-order valence-corrected chi connectivity index (χ3v) is 5.54. The number of thioether (sulfide) groups is 1. The van der Waals surface area contributed by atoms with E-state index in [-0.39, 0.29) is 18.3 Å². The van der Waals surface area contributed by atoms with E-state index in [4.69, 9.17) is 9.84 Å². The highest BCUT2D eigenvalue weighted by Gasteiger charge is 2.22. The second kappa shape index (κ2) is 10.5. The summed E-state index contributed by atoms with van der Waals surface area (Å²) >= 11 is 1.04. The van der Waals surface area contributed by atoms with Gasteiger partial charge in [0.1, 0.15) is 6.61 Å². The summed E-state index contributed by atoms with van der Waals surface area (Å²) in [6, 6.07) is 27.1. The van der Waals surface area contributed by atoms with Crippen LogP contribution in [0.15, 0.2) is 84.9 Å². The molecule has 0 heterocycles. The molecule has 3 aromatic carbocycles. The summed E-state index contributed by atoms with van der Waals surface area (Å²) in [7, 11) is 0. The predicted octanol–water partition coefficient (Wildman–Crippen LogP) is 6.33. The van der Waals surface area contributed by atoms with E-state index in [9.17, 15) is 9.59 Å². The first-order valence-corrected chi connectivity index (χ1v) is 10.2. The second-order valence-corrected chi connectivity index (χ2v) is 7.65. The highest BCUT2D eigenvalue weighted by molar-refractivity contribution is 8.13. The lowest BCUT2D eigenvalue weighted by atomic mass is 9.96. The number of ether oxygens (including phenoxy) is 1. The average Bonchev–Trinajstić information content (AvgIpc) is 2.76. The first kappa shape index (κ1) is 20.7. The summed E-state index contributed by atoms with van der Waals surface area (Å²) < 4.78 is 5.41. The Morgan fingerprint density at radius 2 is 1.48 bits per heavy atom. The van der Waals surface area contributed by atoms with Crippen LogP contribution in [0.3, 0.4) is 0 Å². The van der Waals surface area contributed by atoms with Crippen molar-refractivity contribution in [2.24, 2.45) is 0 Å². The van der Waals surface area contributed by atoms with Crippen molar-refractivity contribution in [3.05, 3.63) is 96.1 Å². The highest BCUT2D eigenvalue weighted by atomic mass is 32.2. The largest absolute Gasteiger partial charge is 0.481 e. The topological polar surface area (TPSA) is 63.6 Å². The highest BCUT2D eigenvalue weighted by Crippen LogP contribution is 2.39. The van der Waals surface area contributed by atoms with E-state index in [2.05, 4.69) is 0 Å². The van der Waals surface area contributed by atoms with Crippen molar-refractivity contribution < 1.29 is 19.4 Å². The maximum absolute atomic E-state index is 12.5. The van der Waals surface area contributed by atoms with Crippen LogP contribution in [0.25, 0.3) is 11.1 Å². The maximum Gasteiger partial charge on any atom is 0.368 e. The number of hydrogen-bond donors (Lipinski definition) is 1. The number of hydrogen-bond acceptors (Lipinski definition) is 4. The lowest BCUT2D eigenvalue weighted by Crippen LogP contribution is -2.06. The smallest absolute Gasteiger partial charge is 0.368 e. The van der Waals surface area contributed by atoms with Gasteiger partial charge in [-0.1, -0.05) is 84.9 Å². The van der Waals surface area contributed by atoms with Gasteiger partial charge in [-0.2, -0.15) is 0 Å². The number of rotatable bonds is 8. The lowest BCUT2D eigenvalue weighted by Gasteiger charge is -2.19. The molecule has 3 rings (SSSR count). The van der Waals surface area contributed by atoms with Gasteiger partial charge in [0.25, 0.3) is 0 Å². The van der Waals surface area contributed by atoms with Crippen LogP contribution in [-0.4, -0.2) is 16.4 Å². The average molecular weight is 407 g/mol. The Kier molecular flexibility index (Phi) is 7.47. The van der Waals surface area contributed by atoms with Crippen molar-refractivity contribution in [2.45, 2.75) is 24.7 Å². The Labute approximate surface area is 174 Å². The van der Waals surface area contributed by atoms with Gasteiger partial charge < -0.3 is 9.84 Å². The minimum Gasteiger partial charge on any atom is -0.481 e. The maximum atomic E-state index is 12.5. The van der Waals surface area contributed by atoms with E-state index in [0.29, 0.717) is 6.42 Å². The molecule has 0 aromatic heterocycles. The quantitative estimate of drug-likeness (QED) is 0.443. The van der Waals surface area contributed by atoms with Crippen LogP contribution < -0.4 is 0 Å². The number of carbonyl (C=O) groups is 2. The van der Waals surface area contributed by atoms with Crippen molar-refractivity contribution in [3.63, 3.8) is 0 Å². The zero-order chi connectivity index (χ0) is 20.5. The predicted molar refractivity (Wildman–Crippen MR) is 116 cm³/mol. The van der Waals surface area contributed by atoms with Gasteiger partial charge in [0, 0.05) is 11.7 Å². The van der Waals surface area contributed by atoms with E-state index >= 15 is 0 Å². The third kappa shape index (κ3) is 6.22. The number of aliphatic carboxylic acids is 1. The van der Waals surface area contributed by atoms with E-state index in [1.54, 1.807) is 0 Å². The molecule has 1 atom stereocenters. The fourth-order valence-corrected chi connectivity index (χ4v) is 3.99. The van der Waals surface area contributed by atoms with Crippen molar-refractivity contribution in [3.8, 4) is 11.1 Å². The van der Waals surface area contributed by atoms with E-state index in [0.717, 1.165) is 34.0 Å². The molecule has 0 aliphatic heterocycles. The molecule has 5 heteroatoms. The van der Waals surface area contributed by atoms with Crippen LogP contribution in [0.2, 0.25) is 0 Å². The molecule has 0 saturated heterocycles. The van der Waals surface area contributed by atoms with Crippen LogP contribution in [0.4, 0.5) is 4.79 Å². The Morgan fingerprint density at radius 3 is 2.17 bits per heavy atom. The van der Waals surface area contributed by atoms with Crippen LogP contribution in [0, 0.1) is 0 Å². The minimum atomic E-state index is -0.884. The molecule has 0 spiro atoms.